The standard InChI is InChI=1S/C12H16N2O2/c1-13-8-5-10(9-11(13)15)12(16)14-6-3-2-4-7-14/h5,8-9H,2-4,6-7H2,1H3. The number of nitrogens with zero attached hydrogens (tertiary/aromatic N) is 2. The van der Waals surface area contributed by atoms with Gasteiger partial charge in [0.1, 0.15) is 0 Å². The van der Waals surface area contributed by atoms with Crippen molar-refractivity contribution in [3.8, 4) is 0 Å². The summed E-state index contributed by atoms with van der Waals surface area (Å²) in [6.45, 7) is 1.63. The summed E-state index contributed by atoms with van der Waals surface area (Å²) in [7, 11) is 1.68. The zero-order valence-corrected chi connectivity index (χ0v) is 9.48. The fraction of sp³-hybridized carbons (Fsp3) is 0.500. The number of aryl methyl sites for hydroxylation is 1. The average Bonchev–Trinajstić information content (AvgIpc) is 2.33. The summed E-state index contributed by atoms with van der Waals surface area (Å²) in [5.74, 6) is -0.0163. The van der Waals surface area contributed by atoms with Gasteiger partial charge >= 0.3 is 0 Å². The maximum Gasteiger partial charge on any atom is 0.254 e. The van der Waals surface area contributed by atoms with Crippen LogP contribution >= 0.6 is 0 Å². The smallest absolute Gasteiger partial charge is 0.254 e. The van der Waals surface area contributed by atoms with Gasteiger partial charge < -0.3 is 9.47 Å². The number of pyridine rings is 1. The van der Waals surface area contributed by atoms with Crippen LogP contribution in [-0.4, -0.2) is 28.5 Å². The van der Waals surface area contributed by atoms with Crippen LogP contribution in [0.5, 0.6) is 0 Å². The van der Waals surface area contributed by atoms with Crippen LogP contribution in [0.2, 0.25) is 0 Å². The van der Waals surface area contributed by atoms with Crippen molar-refractivity contribution in [1.82, 2.24) is 9.47 Å². The first-order valence-electron chi connectivity index (χ1n) is 5.64. The fourth-order valence-electron chi connectivity index (χ4n) is 1.96. The van der Waals surface area contributed by atoms with Crippen molar-refractivity contribution in [3.63, 3.8) is 0 Å². The summed E-state index contributed by atoms with van der Waals surface area (Å²) in [5.41, 5.74) is 0.368. The van der Waals surface area contributed by atoms with Gasteiger partial charge in [-0.25, -0.2) is 0 Å². The number of rotatable bonds is 1. The first kappa shape index (κ1) is 10.9. The van der Waals surface area contributed by atoms with E-state index in [0.29, 0.717) is 5.56 Å². The first-order chi connectivity index (χ1) is 7.68. The van der Waals surface area contributed by atoms with E-state index in [9.17, 15) is 9.59 Å². The Hall–Kier alpha value is -1.58. The minimum Gasteiger partial charge on any atom is -0.339 e. The molecule has 86 valence electrons. The Kier molecular flexibility index (Phi) is 3.08. The van der Waals surface area contributed by atoms with Gasteiger partial charge in [-0.05, 0) is 25.3 Å². The average molecular weight is 220 g/mol. The molecule has 1 aromatic heterocycles. The Morgan fingerprint density at radius 3 is 2.56 bits per heavy atom. The molecule has 2 heterocycles. The molecule has 1 saturated heterocycles. The second-order valence-corrected chi connectivity index (χ2v) is 4.22. The van der Waals surface area contributed by atoms with E-state index in [-0.39, 0.29) is 11.5 Å². The molecule has 0 aromatic carbocycles. The van der Waals surface area contributed by atoms with Crippen molar-refractivity contribution in [2.75, 3.05) is 13.1 Å². The monoisotopic (exact) mass is 220 g/mol. The Morgan fingerprint density at radius 2 is 1.94 bits per heavy atom. The predicted octanol–water partition coefficient (Wildman–Crippen LogP) is 1.01. The zero-order valence-electron chi connectivity index (χ0n) is 9.48. The number of carbonyl (C=O) groups is 1. The lowest BCUT2D eigenvalue weighted by molar-refractivity contribution is 0.0724. The number of carbonyl (C=O) groups excluding carboxylic acids is 1. The number of hydrogen-bond acceptors (Lipinski definition) is 2. The van der Waals surface area contributed by atoms with Crippen LogP contribution in [-0.2, 0) is 7.05 Å². The van der Waals surface area contributed by atoms with Crippen molar-refractivity contribution in [2.45, 2.75) is 19.3 Å². The van der Waals surface area contributed by atoms with E-state index in [2.05, 4.69) is 0 Å². The van der Waals surface area contributed by atoms with E-state index >= 15 is 0 Å². The summed E-state index contributed by atoms with van der Waals surface area (Å²) < 4.78 is 1.47. The van der Waals surface area contributed by atoms with Crippen molar-refractivity contribution < 1.29 is 4.79 Å². The quantitative estimate of drug-likeness (QED) is 0.709. The van der Waals surface area contributed by atoms with E-state index in [4.69, 9.17) is 0 Å². The molecule has 0 atom stereocenters. The highest BCUT2D eigenvalue weighted by Gasteiger charge is 2.18. The third-order valence-corrected chi connectivity index (χ3v) is 2.99. The largest absolute Gasteiger partial charge is 0.339 e. The number of aromatic nitrogens is 1. The summed E-state index contributed by atoms with van der Waals surface area (Å²) in [6, 6.07) is 3.12. The number of likely N-dealkylation sites (tertiary alicyclic amines) is 1. The second-order valence-electron chi connectivity index (χ2n) is 4.22. The molecule has 0 spiro atoms. The number of hydrogen-bond donors (Lipinski definition) is 0. The Balaban J connectivity index is 2.19. The highest BCUT2D eigenvalue weighted by molar-refractivity contribution is 5.94. The molecular weight excluding hydrogens is 204 g/mol. The topological polar surface area (TPSA) is 42.3 Å². The summed E-state index contributed by atoms with van der Waals surface area (Å²) >= 11 is 0. The molecule has 1 aliphatic heterocycles. The van der Waals surface area contributed by atoms with Crippen LogP contribution in [0.3, 0.4) is 0 Å². The minimum absolute atomic E-state index is 0.0163. The predicted molar refractivity (Wildman–Crippen MR) is 61.4 cm³/mol. The number of amides is 1. The molecule has 0 saturated carbocycles. The van der Waals surface area contributed by atoms with Crippen LogP contribution in [0.4, 0.5) is 0 Å². The van der Waals surface area contributed by atoms with Gasteiger partial charge in [0.05, 0.1) is 0 Å². The van der Waals surface area contributed by atoms with Crippen LogP contribution in [0.15, 0.2) is 23.1 Å². The molecule has 1 aromatic rings. The third-order valence-electron chi connectivity index (χ3n) is 2.99. The van der Waals surface area contributed by atoms with E-state index in [1.807, 2.05) is 4.90 Å². The van der Waals surface area contributed by atoms with Gasteiger partial charge in [-0.1, -0.05) is 0 Å². The van der Waals surface area contributed by atoms with Gasteiger partial charge in [0.15, 0.2) is 0 Å². The molecule has 0 aliphatic carbocycles. The highest BCUT2D eigenvalue weighted by Crippen LogP contribution is 2.11. The maximum absolute atomic E-state index is 12.0. The zero-order chi connectivity index (χ0) is 11.5. The van der Waals surface area contributed by atoms with Gasteiger partial charge in [0, 0.05) is 38.0 Å². The summed E-state index contributed by atoms with van der Waals surface area (Å²) in [5, 5.41) is 0. The van der Waals surface area contributed by atoms with Crippen molar-refractivity contribution >= 4 is 5.91 Å². The van der Waals surface area contributed by atoms with Crippen molar-refractivity contribution in [3.05, 3.63) is 34.2 Å². The molecule has 16 heavy (non-hydrogen) atoms. The summed E-state index contributed by atoms with van der Waals surface area (Å²) in [6.07, 6.45) is 4.97. The van der Waals surface area contributed by atoms with Gasteiger partial charge in [-0.3, -0.25) is 9.59 Å². The van der Waals surface area contributed by atoms with E-state index < -0.39 is 0 Å². The molecule has 0 N–H and O–H groups in total. The molecule has 1 fully saturated rings. The summed E-state index contributed by atoms with van der Waals surface area (Å²) in [4.78, 5) is 25.3. The lowest BCUT2D eigenvalue weighted by Crippen LogP contribution is -2.36. The second kappa shape index (κ2) is 4.51. The molecule has 0 bridgehead atoms. The van der Waals surface area contributed by atoms with Crippen LogP contribution < -0.4 is 5.56 Å². The lowest BCUT2D eigenvalue weighted by atomic mass is 10.1. The first-order valence-corrected chi connectivity index (χ1v) is 5.64. The SMILES string of the molecule is Cn1ccc(C(=O)N2CCCCC2)cc1=O. The molecular formula is C12H16N2O2. The Morgan fingerprint density at radius 1 is 1.25 bits per heavy atom. The Labute approximate surface area is 94.5 Å². The van der Waals surface area contributed by atoms with Crippen LogP contribution in [0, 0.1) is 0 Å². The molecule has 0 unspecified atom stereocenters. The molecule has 0 radical (unpaired) electrons. The van der Waals surface area contributed by atoms with Crippen LogP contribution in [0.25, 0.3) is 0 Å². The van der Waals surface area contributed by atoms with Gasteiger partial charge in [0.2, 0.25) is 0 Å². The van der Waals surface area contributed by atoms with Gasteiger partial charge in [-0.15, -0.1) is 0 Å². The fourth-order valence-corrected chi connectivity index (χ4v) is 1.96. The van der Waals surface area contributed by atoms with Gasteiger partial charge in [-0.2, -0.15) is 0 Å². The van der Waals surface area contributed by atoms with Crippen LogP contribution in [0.1, 0.15) is 29.6 Å². The molecule has 1 amide bonds. The minimum atomic E-state index is -0.136. The van der Waals surface area contributed by atoms with E-state index in [1.54, 1.807) is 19.3 Å². The molecule has 4 nitrogen and oxygen atoms in total. The Bertz CT molecular complexity index is 445. The van der Waals surface area contributed by atoms with Crippen molar-refractivity contribution in [2.24, 2.45) is 7.05 Å². The highest BCUT2D eigenvalue weighted by atomic mass is 16.2. The third kappa shape index (κ3) is 2.15. The number of piperidine rings is 1. The lowest BCUT2D eigenvalue weighted by Gasteiger charge is -2.26. The van der Waals surface area contributed by atoms with E-state index in [0.717, 1.165) is 25.9 Å². The van der Waals surface area contributed by atoms with E-state index in [1.165, 1.54) is 17.1 Å². The molecule has 4 heteroatoms. The normalized spacial score (nSPS) is 16.2. The maximum atomic E-state index is 12.0. The van der Waals surface area contributed by atoms with Crippen molar-refractivity contribution in [1.29, 1.82) is 0 Å². The van der Waals surface area contributed by atoms with Gasteiger partial charge in [0.25, 0.3) is 11.5 Å². The molecule has 1 aliphatic rings. The molecule has 2 rings (SSSR count).